The number of aliphatic hydroxyl groups excluding tert-OH is 1. The van der Waals surface area contributed by atoms with Crippen LogP contribution in [0.2, 0.25) is 0 Å². The third-order valence-corrected chi connectivity index (χ3v) is 1.83. The summed E-state index contributed by atoms with van der Waals surface area (Å²) in [4.78, 5) is 4.02. The van der Waals surface area contributed by atoms with E-state index in [2.05, 4.69) is 10.3 Å². The molecule has 0 amide bonds. The Morgan fingerprint density at radius 1 is 1.67 bits per heavy atom. The quantitative estimate of drug-likeness (QED) is 0.729. The fraction of sp³-hybridized carbons (Fsp3) is 0.400. The molecule has 0 aliphatic rings. The van der Waals surface area contributed by atoms with Gasteiger partial charge in [-0.25, -0.2) is 4.98 Å². The number of aliphatic hydroxyl groups is 1. The van der Waals surface area contributed by atoms with Crippen LogP contribution in [0, 0.1) is 11.3 Å². The maximum Gasteiger partial charge on any atom is 0.126 e. The molecular weight excluding hydrogens is 194 g/mol. The SMILES string of the molecule is COCC(CO)Nc1ccc(C#N)cn1. The number of nitrogens with zero attached hydrogens (tertiary/aromatic N) is 2. The van der Waals surface area contributed by atoms with Gasteiger partial charge in [-0.1, -0.05) is 0 Å². The molecule has 0 fully saturated rings. The molecule has 5 nitrogen and oxygen atoms in total. The topological polar surface area (TPSA) is 78.2 Å². The van der Waals surface area contributed by atoms with Gasteiger partial charge in [0, 0.05) is 13.3 Å². The van der Waals surface area contributed by atoms with Crippen molar-refractivity contribution in [2.45, 2.75) is 6.04 Å². The smallest absolute Gasteiger partial charge is 0.126 e. The summed E-state index contributed by atoms with van der Waals surface area (Å²) < 4.78 is 4.91. The Morgan fingerprint density at radius 3 is 2.93 bits per heavy atom. The molecule has 2 N–H and O–H groups in total. The molecule has 0 bridgehead atoms. The van der Waals surface area contributed by atoms with Crippen LogP contribution in [0.5, 0.6) is 0 Å². The maximum atomic E-state index is 9.00. The first-order valence-electron chi connectivity index (χ1n) is 4.52. The van der Waals surface area contributed by atoms with Crippen LogP contribution in [0.15, 0.2) is 18.3 Å². The van der Waals surface area contributed by atoms with Crippen molar-refractivity contribution >= 4 is 5.82 Å². The molecule has 0 aromatic carbocycles. The van der Waals surface area contributed by atoms with Crippen LogP contribution < -0.4 is 5.32 Å². The minimum atomic E-state index is -0.185. The van der Waals surface area contributed by atoms with Gasteiger partial charge in [-0.05, 0) is 12.1 Å². The van der Waals surface area contributed by atoms with Crippen LogP contribution in [0.4, 0.5) is 5.82 Å². The highest BCUT2D eigenvalue weighted by Crippen LogP contribution is 2.05. The number of pyridine rings is 1. The molecule has 5 heteroatoms. The number of rotatable bonds is 5. The van der Waals surface area contributed by atoms with Crippen LogP contribution in [0.25, 0.3) is 0 Å². The van der Waals surface area contributed by atoms with Gasteiger partial charge >= 0.3 is 0 Å². The summed E-state index contributed by atoms with van der Waals surface area (Å²) >= 11 is 0. The Balaban J connectivity index is 2.59. The zero-order valence-corrected chi connectivity index (χ0v) is 8.47. The molecule has 0 aliphatic carbocycles. The van der Waals surface area contributed by atoms with E-state index in [1.165, 1.54) is 6.20 Å². The lowest BCUT2D eigenvalue weighted by Gasteiger charge is -2.15. The van der Waals surface area contributed by atoms with Crippen molar-refractivity contribution in [2.75, 3.05) is 25.6 Å². The third-order valence-electron chi connectivity index (χ3n) is 1.83. The lowest BCUT2D eigenvalue weighted by Crippen LogP contribution is -2.29. The van der Waals surface area contributed by atoms with E-state index in [0.29, 0.717) is 18.0 Å². The Bertz CT molecular complexity index is 332. The largest absolute Gasteiger partial charge is 0.394 e. The van der Waals surface area contributed by atoms with Crippen LogP contribution in [-0.4, -0.2) is 36.5 Å². The van der Waals surface area contributed by atoms with E-state index < -0.39 is 0 Å². The fourth-order valence-corrected chi connectivity index (χ4v) is 1.10. The summed E-state index contributed by atoms with van der Waals surface area (Å²) in [5.74, 6) is 0.616. The Labute approximate surface area is 88.3 Å². The lowest BCUT2D eigenvalue weighted by molar-refractivity contribution is 0.153. The highest BCUT2D eigenvalue weighted by atomic mass is 16.5. The molecular formula is C10H13N3O2. The Hall–Kier alpha value is -1.64. The normalized spacial score (nSPS) is 11.8. The van der Waals surface area contributed by atoms with E-state index in [-0.39, 0.29) is 12.6 Å². The second-order valence-corrected chi connectivity index (χ2v) is 3.02. The minimum Gasteiger partial charge on any atom is -0.394 e. The number of nitriles is 1. The van der Waals surface area contributed by atoms with E-state index in [9.17, 15) is 0 Å². The number of hydrogen-bond acceptors (Lipinski definition) is 5. The lowest BCUT2D eigenvalue weighted by atomic mass is 10.3. The summed E-state index contributed by atoms with van der Waals surface area (Å²) in [6, 6.07) is 5.15. The van der Waals surface area contributed by atoms with Crippen molar-refractivity contribution < 1.29 is 9.84 Å². The van der Waals surface area contributed by atoms with Crippen molar-refractivity contribution in [3.05, 3.63) is 23.9 Å². The molecule has 0 spiro atoms. The van der Waals surface area contributed by atoms with Crippen molar-refractivity contribution in [1.29, 1.82) is 5.26 Å². The molecule has 80 valence electrons. The molecule has 1 rings (SSSR count). The zero-order chi connectivity index (χ0) is 11.1. The van der Waals surface area contributed by atoms with Gasteiger partial charge in [-0.15, -0.1) is 0 Å². The molecule has 0 saturated carbocycles. The molecule has 0 aliphatic heterocycles. The van der Waals surface area contributed by atoms with Crippen molar-refractivity contribution in [3.8, 4) is 6.07 Å². The summed E-state index contributed by atoms with van der Waals surface area (Å²) in [6.45, 7) is 0.369. The summed E-state index contributed by atoms with van der Waals surface area (Å²) in [5, 5.41) is 20.6. The second-order valence-electron chi connectivity index (χ2n) is 3.02. The Morgan fingerprint density at radius 2 is 2.47 bits per heavy atom. The van der Waals surface area contributed by atoms with Gasteiger partial charge in [0.05, 0.1) is 24.8 Å². The summed E-state index contributed by atoms with van der Waals surface area (Å²) in [7, 11) is 1.57. The molecule has 0 saturated heterocycles. The van der Waals surface area contributed by atoms with Crippen LogP contribution in [0.3, 0.4) is 0 Å². The van der Waals surface area contributed by atoms with Gasteiger partial charge in [-0.2, -0.15) is 5.26 Å². The van der Waals surface area contributed by atoms with Gasteiger partial charge in [0.25, 0.3) is 0 Å². The van der Waals surface area contributed by atoms with E-state index in [1.807, 2.05) is 6.07 Å². The van der Waals surface area contributed by atoms with E-state index >= 15 is 0 Å². The van der Waals surface area contributed by atoms with E-state index in [0.717, 1.165) is 0 Å². The standard InChI is InChI=1S/C10H13N3O2/c1-15-7-9(6-14)13-10-3-2-8(4-11)5-12-10/h2-3,5,9,14H,6-7H2,1H3,(H,12,13). The molecule has 1 unspecified atom stereocenters. The van der Waals surface area contributed by atoms with Gasteiger partial charge in [0.15, 0.2) is 0 Å². The number of methoxy groups -OCH3 is 1. The number of anilines is 1. The highest BCUT2D eigenvalue weighted by molar-refractivity contribution is 5.39. The monoisotopic (exact) mass is 207 g/mol. The van der Waals surface area contributed by atoms with Crippen molar-refractivity contribution in [3.63, 3.8) is 0 Å². The van der Waals surface area contributed by atoms with Gasteiger partial charge in [0.2, 0.25) is 0 Å². The Kier molecular flexibility index (Phi) is 4.54. The summed E-state index contributed by atoms with van der Waals surface area (Å²) in [6.07, 6.45) is 1.48. The molecule has 1 aromatic heterocycles. The minimum absolute atomic E-state index is 0.0322. The van der Waals surface area contributed by atoms with Crippen molar-refractivity contribution in [1.82, 2.24) is 4.98 Å². The van der Waals surface area contributed by atoms with E-state index in [4.69, 9.17) is 15.1 Å². The first-order valence-corrected chi connectivity index (χ1v) is 4.52. The molecule has 1 aromatic rings. The van der Waals surface area contributed by atoms with Crippen molar-refractivity contribution in [2.24, 2.45) is 0 Å². The average Bonchev–Trinajstić information content (AvgIpc) is 2.29. The number of nitrogens with one attached hydrogen (secondary N) is 1. The van der Waals surface area contributed by atoms with Gasteiger partial charge < -0.3 is 15.2 Å². The van der Waals surface area contributed by atoms with E-state index in [1.54, 1.807) is 19.2 Å². The average molecular weight is 207 g/mol. The van der Waals surface area contributed by atoms with Crippen LogP contribution in [0.1, 0.15) is 5.56 Å². The van der Waals surface area contributed by atoms with Crippen LogP contribution in [-0.2, 0) is 4.74 Å². The predicted molar refractivity (Wildman–Crippen MR) is 55.3 cm³/mol. The second kappa shape index (κ2) is 5.96. The number of ether oxygens (including phenoxy) is 1. The molecule has 0 radical (unpaired) electrons. The fourth-order valence-electron chi connectivity index (χ4n) is 1.10. The van der Waals surface area contributed by atoms with Gasteiger partial charge in [0.1, 0.15) is 11.9 Å². The number of hydrogen-bond donors (Lipinski definition) is 2. The number of aromatic nitrogens is 1. The maximum absolute atomic E-state index is 9.00. The predicted octanol–water partition coefficient (Wildman–Crippen LogP) is 0.372. The third kappa shape index (κ3) is 3.54. The summed E-state index contributed by atoms with van der Waals surface area (Å²) in [5.41, 5.74) is 0.507. The molecule has 1 atom stereocenters. The van der Waals surface area contributed by atoms with Gasteiger partial charge in [-0.3, -0.25) is 0 Å². The zero-order valence-electron chi connectivity index (χ0n) is 8.47. The van der Waals surface area contributed by atoms with Crippen LogP contribution >= 0.6 is 0 Å². The molecule has 1 heterocycles. The first kappa shape index (κ1) is 11.4. The first-order chi connectivity index (χ1) is 7.30. The molecule has 15 heavy (non-hydrogen) atoms. The highest BCUT2D eigenvalue weighted by Gasteiger charge is 2.06.